The van der Waals surface area contributed by atoms with Gasteiger partial charge in [-0.3, -0.25) is 4.79 Å². The molecule has 0 bridgehead atoms. The molecule has 0 unspecified atom stereocenters. The van der Waals surface area contributed by atoms with Gasteiger partial charge in [0.2, 0.25) is 5.91 Å². The molecule has 0 radical (unpaired) electrons. The van der Waals surface area contributed by atoms with Crippen molar-refractivity contribution in [1.29, 1.82) is 0 Å². The number of carbonyl (C=O) groups is 1. The van der Waals surface area contributed by atoms with Gasteiger partial charge >= 0.3 is 0 Å². The number of piperazine rings is 1. The van der Waals surface area contributed by atoms with E-state index >= 15 is 0 Å². The van der Waals surface area contributed by atoms with E-state index in [0.29, 0.717) is 6.42 Å². The first-order valence-electron chi connectivity index (χ1n) is 10.0. The third kappa shape index (κ3) is 4.29. The van der Waals surface area contributed by atoms with Crippen LogP contribution < -0.4 is 4.90 Å². The SMILES string of the molecule is CCCC(=O)N1CCN(c2nc(-c3ccc(C)cc3)nc(C)c2CC)CC1. The molecule has 5 nitrogen and oxygen atoms in total. The molecule has 1 aromatic carbocycles. The zero-order valence-corrected chi connectivity index (χ0v) is 17.0. The molecule has 2 heterocycles. The fourth-order valence-electron chi connectivity index (χ4n) is 3.63. The zero-order valence-electron chi connectivity index (χ0n) is 17.0. The number of aryl methyl sites for hydroxylation is 2. The van der Waals surface area contributed by atoms with Crippen molar-refractivity contribution in [1.82, 2.24) is 14.9 Å². The van der Waals surface area contributed by atoms with Crippen LogP contribution in [0, 0.1) is 13.8 Å². The summed E-state index contributed by atoms with van der Waals surface area (Å²) < 4.78 is 0. The Morgan fingerprint density at radius 1 is 1.00 bits per heavy atom. The molecule has 2 aromatic rings. The van der Waals surface area contributed by atoms with Gasteiger partial charge in [-0.15, -0.1) is 0 Å². The first-order valence-corrected chi connectivity index (χ1v) is 10.0. The number of aromatic nitrogens is 2. The lowest BCUT2D eigenvalue weighted by atomic mass is 10.1. The average molecular weight is 367 g/mol. The largest absolute Gasteiger partial charge is 0.353 e. The van der Waals surface area contributed by atoms with Gasteiger partial charge in [-0.1, -0.05) is 43.7 Å². The molecule has 0 saturated carbocycles. The molecule has 1 aliphatic heterocycles. The number of hydrogen-bond donors (Lipinski definition) is 0. The summed E-state index contributed by atoms with van der Waals surface area (Å²) in [5, 5.41) is 0. The number of hydrogen-bond acceptors (Lipinski definition) is 4. The average Bonchev–Trinajstić information content (AvgIpc) is 2.68. The van der Waals surface area contributed by atoms with Crippen molar-refractivity contribution in [2.45, 2.75) is 47.0 Å². The fraction of sp³-hybridized carbons (Fsp3) is 0.500. The maximum Gasteiger partial charge on any atom is 0.222 e. The summed E-state index contributed by atoms with van der Waals surface area (Å²) in [7, 11) is 0. The molecule has 1 fully saturated rings. The molecule has 5 heteroatoms. The lowest BCUT2D eigenvalue weighted by Gasteiger charge is -2.36. The number of carbonyl (C=O) groups excluding carboxylic acids is 1. The van der Waals surface area contributed by atoms with Gasteiger partial charge in [0.25, 0.3) is 0 Å². The third-order valence-corrected chi connectivity index (χ3v) is 5.25. The van der Waals surface area contributed by atoms with Gasteiger partial charge in [0.15, 0.2) is 5.82 Å². The van der Waals surface area contributed by atoms with Crippen LogP contribution in [-0.4, -0.2) is 47.0 Å². The maximum absolute atomic E-state index is 12.2. The quantitative estimate of drug-likeness (QED) is 0.808. The summed E-state index contributed by atoms with van der Waals surface area (Å²) in [5.74, 6) is 2.08. The highest BCUT2D eigenvalue weighted by atomic mass is 16.2. The Kier molecular flexibility index (Phi) is 6.09. The highest BCUT2D eigenvalue weighted by Gasteiger charge is 2.24. The van der Waals surface area contributed by atoms with Crippen molar-refractivity contribution in [2.75, 3.05) is 31.1 Å². The van der Waals surface area contributed by atoms with Gasteiger partial charge in [0, 0.05) is 49.4 Å². The Balaban J connectivity index is 1.86. The summed E-state index contributed by atoms with van der Waals surface area (Å²) in [6.07, 6.45) is 2.46. The second-order valence-electron chi connectivity index (χ2n) is 7.27. The minimum atomic E-state index is 0.270. The van der Waals surface area contributed by atoms with E-state index in [-0.39, 0.29) is 5.91 Å². The molecule has 1 aliphatic rings. The van der Waals surface area contributed by atoms with Crippen molar-refractivity contribution in [2.24, 2.45) is 0 Å². The number of benzene rings is 1. The van der Waals surface area contributed by atoms with Crippen LogP contribution in [0.3, 0.4) is 0 Å². The van der Waals surface area contributed by atoms with Gasteiger partial charge in [-0.05, 0) is 26.7 Å². The first kappa shape index (κ1) is 19.3. The Labute approximate surface area is 162 Å². The second kappa shape index (κ2) is 8.51. The topological polar surface area (TPSA) is 49.3 Å². The number of amides is 1. The second-order valence-corrected chi connectivity index (χ2v) is 7.27. The number of rotatable bonds is 5. The van der Waals surface area contributed by atoms with E-state index in [0.717, 1.165) is 61.9 Å². The van der Waals surface area contributed by atoms with E-state index in [2.05, 4.69) is 56.9 Å². The Hall–Kier alpha value is -2.43. The van der Waals surface area contributed by atoms with Gasteiger partial charge in [0.1, 0.15) is 5.82 Å². The number of anilines is 1. The van der Waals surface area contributed by atoms with Crippen molar-refractivity contribution >= 4 is 11.7 Å². The molecule has 0 atom stereocenters. The van der Waals surface area contributed by atoms with Crippen LogP contribution in [0.25, 0.3) is 11.4 Å². The molecule has 27 heavy (non-hydrogen) atoms. The first-order chi connectivity index (χ1) is 13.0. The van der Waals surface area contributed by atoms with E-state index in [1.54, 1.807) is 0 Å². The predicted octanol–water partition coefficient (Wildman–Crippen LogP) is 3.77. The minimum Gasteiger partial charge on any atom is -0.353 e. The molecule has 1 aromatic heterocycles. The zero-order chi connectivity index (χ0) is 19.4. The van der Waals surface area contributed by atoms with Gasteiger partial charge in [-0.25, -0.2) is 9.97 Å². The van der Waals surface area contributed by atoms with E-state index in [4.69, 9.17) is 9.97 Å². The van der Waals surface area contributed by atoms with Crippen molar-refractivity contribution < 1.29 is 4.79 Å². The van der Waals surface area contributed by atoms with Crippen LogP contribution in [0.5, 0.6) is 0 Å². The van der Waals surface area contributed by atoms with E-state index in [1.165, 1.54) is 11.1 Å². The van der Waals surface area contributed by atoms with E-state index < -0.39 is 0 Å². The maximum atomic E-state index is 12.2. The molecule has 1 saturated heterocycles. The fourth-order valence-corrected chi connectivity index (χ4v) is 3.63. The highest BCUT2D eigenvalue weighted by Crippen LogP contribution is 2.27. The summed E-state index contributed by atoms with van der Waals surface area (Å²) in [4.78, 5) is 26.2. The summed E-state index contributed by atoms with van der Waals surface area (Å²) in [6, 6.07) is 8.36. The molecular weight excluding hydrogens is 336 g/mol. The van der Waals surface area contributed by atoms with Crippen LogP contribution in [0.4, 0.5) is 5.82 Å². The predicted molar refractivity (Wildman–Crippen MR) is 110 cm³/mol. The molecule has 0 spiro atoms. The van der Waals surface area contributed by atoms with Gasteiger partial charge in [-0.2, -0.15) is 0 Å². The molecule has 144 valence electrons. The molecule has 3 rings (SSSR count). The van der Waals surface area contributed by atoms with E-state index in [1.807, 2.05) is 4.90 Å². The lowest BCUT2D eigenvalue weighted by Crippen LogP contribution is -2.49. The van der Waals surface area contributed by atoms with Crippen LogP contribution in [0.2, 0.25) is 0 Å². The third-order valence-electron chi connectivity index (χ3n) is 5.25. The van der Waals surface area contributed by atoms with E-state index in [9.17, 15) is 4.79 Å². The van der Waals surface area contributed by atoms with Crippen molar-refractivity contribution in [3.05, 3.63) is 41.1 Å². The highest BCUT2D eigenvalue weighted by molar-refractivity contribution is 5.76. The molecule has 1 amide bonds. The number of nitrogens with zero attached hydrogens (tertiary/aromatic N) is 4. The van der Waals surface area contributed by atoms with Crippen LogP contribution in [0.15, 0.2) is 24.3 Å². The smallest absolute Gasteiger partial charge is 0.222 e. The normalized spacial score (nSPS) is 14.5. The van der Waals surface area contributed by atoms with Crippen molar-refractivity contribution in [3.63, 3.8) is 0 Å². The van der Waals surface area contributed by atoms with Crippen molar-refractivity contribution in [3.8, 4) is 11.4 Å². The van der Waals surface area contributed by atoms with Crippen LogP contribution in [-0.2, 0) is 11.2 Å². The molecule has 0 aliphatic carbocycles. The summed E-state index contributed by atoms with van der Waals surface area (Å²) in [5.41, 5.74) is 4.53. The summed E-state index contributed by atoms with van der Waals surface area (Å²) in [6.45, 7) is 11.6. The lowest BCUT2D eigenvalue weighted by molar-refractivity contribution is -0.131. The Morgan fingerprint density at radius 2 is 1.67 bits per heavy atom. The molecule has 0 N–H and O–H groups in total. The monoisotopic (exact) mass is 366 g/mol. The van der Waals surface area contributed by atoms with Gasteiger partial charge < -0.3 is 9.80 Å². The van der Waals surface area contributed by atoms with Crippen LogP contribution in [0.1, 0.15) is 43.5 Å². The Morgan fingerprint density at radius 3 is 2.26 bits per heavy atom. The van der Waals surface area contributed by atoms with Crippen LogP contribution >= 0.6 is 0 Å². The Bertz CT molecular complexity index is 793. The minimum absolute atomic E-state index is 0.270. The molecular formula is C22H30N4O. The summed E-state index contributed by atoms with van der Waals surface area (Å²) >= 11 is 0. The standard InChI is InChI=1S/C22H30N4O/c1-5-7-20(27)25-12-14-26(15-13-25)22-19(6-2)17(4)23-21(24-22)18-10-8-16(3)9-11-18/h8-11H,5-7,12-15H2,1-4H3. The van der Waals surface area contributed by atoms with Gasteiger partial charge in [0.05, 0.1) is 0 Å².